The number of nitrogens with one attached hydrogen (secondary N) is 2. The lowest BCUT2D eigenvalue weighted by Crippen LogP contribution is -2.28. The number of carbonyl (C=O) groups excluding carboxylic acids is 1. The SMILES string of the molecule is CCCC(=O)Nc1cnc(Nc2ccc(OC(C)C)c(F)c2)n(Cc2ccc(Cl)cc2)c1=O. The van der Waals surface area contributed by atoms with Gasteiger partial charge in [0.25, 0.3) is 5.56 Å². The van der Waals surface area contributed by atoms with Gasteiger partial charge >= 0.3 is 0 Å². The minimum Gasteiger partial charge on any atom is -0.488 e. The van der Waals surface area contributed by atoms with Crippen molar-refractivity contribution in [1.29, 1.82) is 0 Å². The molecule has 0 spiro atoms. The summed E-state index contributed by atoms with van der Waals surface area (Å²) in [6.45, 7) is 5.66. The standard InChI is InChI=1S/C24H26ClFN4O3/c1-4-5-22(31)29-20-13-27-24(28-18-10-11-21(19(26)12-18)33-15(2)3)30(23(20)32)14-16-6-8-17(25)9-7-16/h6-13,15H,4-5,14H2,1-3H3,(H,27,28)(H,29,31). The molecule has 1 aromatic heterocycles. The molecule has 174 valence electrons. The molecule has 0 saturated carbocycles. The van der Waals surface area contributed by atoms with Crippen LogP contribution in [0.2, 0.25) is 5.02 Å². The zero-order valence-corrected chi connectivity index (χ0v) is 19.4. The van der Waals surface area contributed by atoms with Crippen LogP contribution in [0.25, 0.3) is 0 Å². The van der Waals surface area contributed by atoms with Crippen LogP contribution in [0, 0.1) is 5.82 Å². The molecule has 1 heterocycles. The van der Waals surface area contributed by atoms with Crippen molar-refractivity contribution >= 4 is 34.8 Å². The minimum atomic E-state index is -0.538. The first-order chi connectivity index (χ1) is 15.8. The van der Waals surface area contributed by atoms with Gasteiger partial charge in [-0.3, -0.25) is 14.2 Å². The lowest BCUT2D eigenvalue weighted by molar-refractivity contribution is -0.116. The molecule has 0 fully saturated rings. The fraction of sp³-hybridized carbons (Fsp3) is 0.292. The van der Waals surface area contributed by atoms with Crippen molar-refractivity contribution in [2.45, 2.75) is 46.3 Å². The number of nitrogens with zero attached hydrogens (tertiary/aromatic N) is 2. The number of hydrogen-bond donors (Lipinski definition) is 2. The molecule has 0 unspecified atom stereocenters. The molecule has 0 radical (unpaired) electrons. The fourth-order valence-corrected chi connectivity index (χ4v) is 3.22. The van der Waals surface area contributed by atoms with Gasteiger partial charge in [0.2, 0.25) is 11.9 Å². The van der Waals surface area contributed by atoms with E-state index in [0.717, 1.165) is 5.56 Å². The summed E-state index contributed by atoms with van der Waals surface area (Å²) in [5.74, 6) is -0.474. The van der Waals surface area contributed by atoms with E-state index >= 15 is 0 Å². The number of carbonyl (C=O) groups is 1. The van der Waals surface area contributed by atoms with Crippen LogP contribution in [0.5, 0.6) is 5.75 Å². The first kappa shape index (κ1) is 24.3. The number of benzene rings is 2. The van der Waals surface area contributed by atoms with Crippen molar-refractivity contribution in [3.63, 3.8) is 0 Å². The van der Waals surface area contributed by atoms with Gasteiger partial charge in [0.15, 0.2) is 11.6 Å². The highest BCUT2D eigenvalue weighted by atomic mass is 35.5. The number of anilines is 3. The number of hydrogen-bond acceptors (Lipinski definition) is 5. The van der Waals surface area contributed by atoms with Gasteiger partial charge in [0.1, 0.15) is 5.69 Å². The number of aromatic nitrogens is 2. The van der Waals surface area contributed by atoms with Crippen molar-refractivity contribution in [1.82, 2.24) is 9.55 Å². The van der Waals surface area contributed by atoms with Crippen molar-refractivity contribution in [2.75, 3.05) is 10.6 Å². The number of halogens is 2. The van der Waals surface area contributed by atoms with Crippen LogP contribution < -0.4 is 20.9 Å². The third-order valence-electron chi connectivity index (χ3n) is 4.60. The van der Waals surface area contributed by atoms with Gasteiger partial charge in [0, 0.05) is 23.2 Å². The van der Waals surface area contributed by atoms with E-state index in [0.29, 0.717) is 23.6 Å². The van der Waals surface area contributed by atoms with E-state index in [9.17, 15) is 14.0 Å². The summed E-state index contributed by atoms with van der Waals surface area (Å²) in [6, 6.07) is 11.4. The van der Waals surface area contributed by atoms with E-state index in [1.165, 1.54) is 22.9 Å². The van der Waals surface area contributed by atoms with Gasteiger partial charge in [-0.05, 0) is 50.1 Å². The van der Waals surface area contributed by atoms with Crippen molar-refractivity contribution in [3.8, 4) is 5.75 Å². The molecule has 0 aliphatic carbocycles. The van der Waals surface area contributed by atoms with E-state index in [2.05, 4.69) is 15.6 Å². The fourth-order valence-electron chi connectivity index (χ4n) is 3.09. The van der Waals surface area contributed by atoms with Gasteiger partial charge < -0.3 is 15.4 Å². The second-order valence-electron chi connectivity index (χ2n) is 7.75. The maximum atomic E-state index is 14.4. The van der Waals surface area contributed by atoms with Crippen molar-refractivity contribution < 1.29 is 13.9 Å². The predicted molar refractivity (Wildman–Crippen MR) is 128 cm³/mol. The molecular formula is C24H26ClFN4O3. The van der Waals surface area contributed by atoms with Crippen LogP contribution in [-0.2, 0) is 11.3 Å². The molecule has 2 N–H and O–H groups in total. The minimum absolute atomic E-state index is 0.0693. The normalized spacial score (nSPS) is 10.8. The first-order valence-corrected chi connectivity index (χ1v) is 11.0. The van der Waals surface area contributed by atoms with E-state index in [1.807, 2.05) is 20.8 Å². The molecule has 0 bridgehead atoms. The maximum Gasteiger partial charge on any atom is 0.279 e. The Balaban J connectivity index is 1.96. The Kier molecular flexibility index (Phi) is 8.06. The molecule has 0 aliphatic heterocycles. The molecule has 0 aliphatic rings. The monoisotopic (exact) mass is 472 g/mol. The molecule has 1 amide bonds. The number of ether oxygens (including phenoxy) is 1. The summed E-state index contributed by atoms with van der Waals surface area (Å²) >= 11 is 5.97. The van der Waals surface area contributed by atoms with E-state index in [-0.39, 0.29) is 35.9 Å². The van der Waals surface area contributed by atoms with E-state index < -0.39 is 11.4 Å². The summed E-state index contributed by atoms with van der Waals surface area (Å²) in [4.78, 5) is 29.5. The highest BCUT2D eigenvalue weighted by molar-refractivity contribution is 6.30. The zero-order chi connectivity index (χ0) is 24.0. The molecule has 3 aromatic rings. The largest absolute Gasteiger partial charge is 0.488 e. The van der Waals surface area contributed by atoms with Gasteiger partial charge in [-0.25, -0.2) is 9.37 Å². The van der Waals surface area contributed by atoms with E-state index in [4.69, 9.17) is 16.3 Å². The van der Waals surface area contributed by atoms with Gasteiger partial charge in [0.05, 0.1) is 18.8 Å². The molecule has 2 aromatic carbocycles. The molecule has 33 heavy (non-hydrogen) atoms. The lowest BCUT2D eigenvalue weighted by atomic mass is 10.2. The van der Waals surface area contributed by atoms with Gasteiger partial charge in [-0.1, -0.05) is 30.7 Å². The van der Waals surface area contributed by atoms with Gasteiger partial charge in [-0.2, -0.15) is 0 Å². The molecule has 9 heteroatoms. The third kappa shape index (κ3) is 6.55. The Morgan fingerprint density at radius 1 is 1.21 bits per heavy atom. The summed E-state index contributed by atoms with van der Waals surface area (Å²) < 4.78 is 21.2. The molecule has 0 atom stereocenters. The Hall–Kier alpha value is -3.39. The van der Waals surface area contributed by atoms with Crippen LogP contribution in [0.15, 0.2) is 53.5 Å². The average molecular weight is 473 g/mol. The Morgan fingerprint density at radius 3 is 2.58 bits per heavy atom. The summed E-state index contributed by atoms with van der Waals surface area (Å²) in [7, 11) is 0. The smallest absolute Gasteiger partial charge is 0.279 e. The third-order valence-corrected chi connectivity index (χ3v) is 4.85. The number of amides is 1. The van der Waals surface area contributed by atoms with Crippen LogP contribution >= 0.6 is 11.6 Å². The summed E-state index contributed by atoms with van der Waals surface area (Å²) in [6.07, 6.45) is 2.07. The highest BCUT2D eigenvalue weighted by Gasteiger charge is 2.15. The molecule has 3 rings (SSSR count). The quantitative estimate of drug-likeness (QED) is 0.438. The summed E-state index contributed by atoms with van der Waals surface area (Å²) in [5, 5.41) is 6.17. The highest BCUT2D eigenvalue weighted by Crippen LogP contribution is 2.24. The first-order valence-electron chi connectivity index (χ1n) is 10.6. The molecular weight excluding hydrogens is 447 g/mol. The predicted octanol–water partition coefficient (Wildman–Crippen LogP) is 5.35. The average Bonchev–Trinajstić information content (AvgIpc) is 2.76. The van der Waals surface area contributed by atoms with Crippen LogP contribution in [0.3, 0.4) is 0 Å². The Morgan fingerprint density at radius 2 is 1.94 bits per heavy atom. The Labute approximate surface area is 196 Å². The molecule has 7 nitrogen and oxygen atoms in total. The second-order valence-corrected chi connectivity index (χ2v) is 8.18. The maximum absolute atomic E-state index is 14.4. The zero-order valence-electron chi connectivity index (χ0n) is 18.7. The molecule has 0 saturated heterocycles. The van der Waals surface area contributed by atoms with Crippen LogP contribution in [-0.4, -0.2) is 21.6 Å². The van der Waals surface area contributed by atoms with E-state index in [1.54, 1.807) is 30.3 Å². The van der Waals surface area contributed by atoms with Crippen molar-refractivity contribution in [2.24, 2.45) is 0 Å². The lowest BCUT2D eigenvalue weighted by Gasteiger charge is -2.16. The van der Waals surface area contributed by atoms with Crippen molar-refractivity contribution in [3.05, 3.63) is 75.4 Å². The summed E-state index contributed by atoms with van der Waals surface area (Å²) in [5.41, 5.74) is 0.824. The van der Waals surface area contributed by atoms with Gasteiger partial charge in [-0.15, -0.1) is 0 Å². The second kappa shape index (κ2) is 11.0. The number of rotatable bonds is 9. The van der Waals surface area contributed by atoms with Crippen LogP contribution in [0.1, 0.15) is 39.2 Å². The topological polar surface area (TPSA) is 85.2 Å². The van der Waals surface area contributed by atoms with Crippen LogP contribution in [0.4, 0.5) is 21.7 Å². The Bertz CT molecular complexity index is 1180.